The average Bonchev–Trinajstić information content (AvgIpc) is 0.787. The standard InChI is InChI=1S/C89H70N8Si/c1-7-71-58(2)88(3,4)74-57-79-75(56-72(71)74)89(5,6)73-40-20-21-41-76(73)96(79)67-50-46-63(47-51-67)86-93-84(61-32-16-10-17-33-61)94-87(95-86)66-36-26-34-64(54-66)65-35-27-39-70(55-65)98(69-37-18-11-19-38-69)80-44-24-22-42-77(80)97(78-43-23-25-45-81(78)98)68-52-48-62(49-53-68)85-91-82(59-28-12-8-13-29-59)90-83(92-85)60-30-14-9-15-31-60/h7-58,71H,1H2,2-6H3. The molecule has 1 aliphatic carbocycles. The maximum atomic E-state index is 5.37. The Morgan fingerprint density at radius 1 is 0.327 bits per heavy atom. The smallest absolute Gasteiger partial charge is 0.184 e. The van der Waals surface area contributed by atoms with Crippen molar-refractivity contribution in [3.8, 4) is 79.5 Å². The second-order valence-corrected chi connectivity index (χ2v) is 30.9. The van der Waals surface area contributed by atoms with Crippen LogP contribution in [0.1, 0.15) is 62.8 Å². The van der Waals surface area contributed by atoms with Crippen LogP contribution in [0.4, 0.5) is 34.1 Å². The highest BCUT2D eigenvalue weighted by molar-refractivity contribution is 7.21. The molecule has 0 saturated heterocycles. The molecule has 98 heavy (non-hydrogen) atoms. The molecule has 0 fully saturated rings. The van der Waals surface area contributed by atoms with Crippen LogP contribution in [0.2, 0.25) is 0 Å². The van der Waals surface area contributed by atoms with Crippen LogP contribution in [0.3, 0.4) is 0 Å². The number of allylic oxidation sites excluding steroid dienone is 1. The van der Waals surface area contributed by atoms with Crippen molar-refractivity contribution in [1.29, 1.82) is 0 Å². The number of benzene rings is 12. The summed E-state index contributed by atoms with van der Waals surface area (Å²) in [6.45, 7) is 16.2. The molecular formula is C89H70N8Si. The van der Waals surface area contributed by atoms with Gasteiger partial charge in [-0.15, -0.1) is 6.58 Å². The Balaban J connectivity index is 0.742. The second kappa shape index (κ2) is 23.8. The van der Waals surface area contributed by atoms with Crippen LogP contribution in [-0.2, 0) is 10.8 Å². The Kier molecular flexibility index (Phi) is 14.6. The number of aromatic nitrogens is 6. The molecule has 0 amide bonds. The molecule has 470 valence electrons. The number of nitrogens with zero attached hydrogens (tertiary/aromatic N) is 8. The van der Waals surface area contributed by atoms with Crippen LogP contribution in [0.25, 0.3) is 79.5 Å². The van der Waals surface area contributed by atoms with E-state index in [1.165, 1.54) is 54.4 Å². The van der Waals surface area contributed by atoms with Crippen LogP contribution in [0, 0.1) is 5.92 Å². The Morgan fingerprint density at radius 2 is 0.704 bits per heavy atom. The number of anilines is 6. The van der Waals surface area contributed by atoms with E-state index in [0.29, 0.717) is 40.9 Å². The molecule has 0 saturated carbocycles. The Morgan fingerprint density at radius 3 is 1.20 bits per heavy atom. The predicted octanol–water partition coefficient (Wildman–Crippen LogP) is 19.2. The van der Waals surface area contributed by atoms with E-state index in [2.05, 4.69) is 282 Å². The summed E-state index contributed by atoms with van der Waals surface area (Å²) in [5, 5.41) is 5.18. The predicted molar refractivity (Wildman–Crippen MR) is 405 cm³/mol. The number of hydrogen-bond acceptors (Lipinski definition) is 8. The lowest BCUT2D eigenvalue weighted by atomic mass is 9.72. The second-order valence-electron chi connectivity index (χ2n) is 27.2. The van der Waals surface area contributed by atoms with Gasteiger partial charge >= 0.3 is 0 Å². The number of para-hydroxylation sites is 3. The molecule has 4 heterocycles. The Hall–Kier alpha value is -11.8. The van der Waals surface area contributed by atoms with Crippen molar-refractivity contribution in [3.63, 3.8) is 0 Å². The number of fused-ring (bicyclic) bond motifs is 5. The molecule has 0 radical (unpaired) electrons. The van der Waals surface area contributed by atoms with Crippen LogP contribution < -0.4 is 30.5 Å². The molecule has 9 heteroatoms. The normalized spacial score (nSPS) is 15.8. The summed E-state index contributed by atoms with van der Waals surface area (Å²) < 4.78 is 0. The van der Waals surface area contributed by atoms with Crippen molar-refractivity contribution >= 4 is 62.9 Å². The van der Waals surface area contributed by atoms with E-state index in [-0.39, 0.29) is 16.7 Å². The van der Waals surface area contributed by atoms with E-state index in [1.54, 1.807) is 0 Å². The SMILES string of the molecule is C=CC1c2cc3c(cc2C(C)(C)C1C)N(c1ccc(-c2nc(-c4ccccc4)nc(-c4cccc(-c5cccc([Si]6(c7ccccc7)c7ccccc7N(c7ccc(-c8nc(-c9ccccc9)nc(-c9ccccc9)n8)cc7)c7ccccc76)c5)c4)n2)cc1)c1ccccc1C3(C)C. The summed E-state index contributed by atoms with van der Waals surface area (Å²) in [4.78, 5) is 35.9. The molecule has 2 atom stereocenters. The first-order valence-electron chi connectivity index (χ1n) is 33.8. The highest BCUT2D eigenvalue weighted by Gasteiger charge is 2.50. The van der Waals surface area contributed by atoms with Gasteiger partial charge in [0, 0.05) is 67.5 Å². The van der Waals surface area contributed by atoms with E-state index in [0.717, 1.165) is 67.3 Å². The monoisotopic (exact) mass is 1280 g/mol. The summed E-state index contributed by atoms with van der Waals surface area (Å²) in [6.07, 6.45) is 2.16. The molecular weight excluding hydrogens is 1210 g/mol. The topological polar surface area (TPSA) is 83.8 Å². The van der Waals surface area contributed by atoms with Gasteiger partial charge < -0.3 is 9.80 Å². The molecule has 2 aliphatic heterocycles. The van der Waals surface area contributed by atoms with Gasteiger partial charge in [0.05, 0.1) is 11.4 Å². The van der Waals surface area contributed by atoms with Gasteiger partial charge in [-0.1, -0.05) is 265 Å². The molecule has 2 aromatic heterocycles. The number of hydrogen-bond donors (Lipinski definition) is 0. The van der Waals surface area contributed by atoms with E-state index in [1.807, 2.05) is 78.9 Å². The van der Waals surface area contributed by atoms with Crippen molar-refractivity contribution in [2.24, 2.45) is 5.92 Å². The molecule has 14 aromatic rings. The zero-order chi connectivity index (χ0) is 66.3. The van der Waals surface area contributed by atoms with Gasteiger partial charge in [-0.25, -0.2) is 29.9 Å². The minimum Gasteiger partial charge on any atom is -0.311 e. The molecule has 0 N–H and O–H groups in total. The van der Waals surface area contributed by atoms with Crippen molar-refractivity contribution in [3.05, 3.63) is 338 Å². The fourth-order valence-electron chi connectivity index (χ4n) is 15.7. The third kappa shape index (κ3) is 9.86. The Labute approximate surface area is 574 Å². The molecule has 0 spiro atoms. The average molecular weight is 1280 g/mol. The lowest BCUT2D eigenvalue weighted by molar-refractivity contribution is 0.357. The van der Waals surface area contributed by atoms with Crippen LogP contribution in [0.5, 0.6) is 0 Å². The van der Waals surface area contributed by atoms with Crippen molar-refractivity contribution in [2.75, 3.05) is 9.80 Å². The van der Waals surface area contributed by atoms with Crippen molar-refractivity contribution < 1.29 is 0 Å². The molecule has 12 aromatic carbocycles. The third-order valence-corrected chi connectivity index (χ3v) is 25.9. The van der Waals surface area contributed by atoms with Crippen LogP contribution in [-0.4, -0.2) is 38.0 Å². The Bertz CT molecular complexity index is 5280. The molecule has 8 nitrogen and oxygen atoms in total. The highest BCUT2D eigenvalue weighted by atomic mass is 28.3. The summed E-state index contributed by atoms with van der Waals surface area (Å²) in [6, 6.07) is 109. The van der Waals surface area contributed by atoms with Gasteiger partial charge in [0.15, 0.2) is 43.0 Å². The van der Waals surface area contributed by atoms with Crippen molar-refractivity contribution in [2.45, 2.75) is 51.4 Å². The molecule has 17 rings (SSSR count). The number of rotatable bonds is 12. The zero-order valence-corrected chi connectivity index (χ0v) is 56.4. The van der Waals surface area contributed by atoms with E-state index >= 15 is 0 Å². The lowest BCUT2D eigenvalue weighted by Crippen LogP contribution is -2.77. The summed E-state index contributed by atoms with van der Waals surface area (Å²) in [7, 11) is -3.10. The summed E-state index contributed by atoms with van der Waals surface area (Å²) >= 11 is 0. The molecule has 3 aliphatic rings. The quantitative estimate of drug-likeness (QED) is 0.0884. The fraction of sp³-hybridized carbons (Fsp3) is 0.101. The maximum Gasteiger partial charge on any atom is 0.184 e. The minimum atomic E-state index is -3.10. The van der Waals surface area contributed by atoms with Gasteiger partial charge in [0.25, 0.3) is 0 Å². The van der Waals surface area contributed by atoms with Gasteiger partial charge in [-0.05, 0) is 144 Å². The lowest BCUT2D eigenvalue weighted by Gasteiger charge is -2.45. The van der Waals surface area contributed by atoms with Gasteiger partial charge in [-0.3, -0.25) is 0 Å². The first-order chi connectivity index (χ1) is 47.9. The van der Waals surface area contributed by atoms with Crippen molar-refractivity contribution in [1.82, 2.24) is 29.9 Å². The molecule has 0 bridgehead atoms. The first-order valence-corrected chi connectivity index (χ1v) is 35.8. The summed E-state index contributed by atoms with van der Waals surface area (Å²) in [5.41, 5.74) is 19.6. The first kappa shape index (κ1) is 59.9. The van der Waals surface area contributed by atoms with E-state index in [4.69, 9.17) is 29.9 Å². The maximum absolute atomic E-state index is 5.37. The van der Waals surface area contributed by atoms with Crippen LogP contribution in [0.15, 0.2) is 316 Å². The fourth-order valence-corrected chi connectivity index (χ4v) is 20.9. The van der Waals surface area contributed by atoms with Gasteiger partial charge in [-0.2, -0.15) is 0 Å². The van der Waals surface area contributed by atoms with Crippen LogP contribution >= 0.6 is 0 Å². The summed E-state index contributed by atoms with van der Waals surface area (Å²) in [5.74, 6) is 4.39. The van der Waals surface area contributed by atoms with E-state index in [9.17, 15) is 0 Å². The zero-order valence-electron chi connectivity index (χ0n) is 55.4. The third-order valence-electron chi connectivity index (χ3n) is 21.1. The van der Waals surface area contributed by atoms with Gasteiger partial charge in [0.2, 0.25) is 0 Å². The molecule has 2 unspecified atom stereocenters. The minimum absolute atomic E-state index is 0.0259. The highest BCUT2D eigenvalue weighted by Crippen LogP contribution is 2.58. The van der Waals surface area contributed by atoms with E-state index < -0.39 is 8.07 Å². The largest absolute Gasteiger partial charge is 0.311 e. The van der Waals surface area contributed by atoms with Gasteiger partial charge in [0.1, 0.15) is 0 Å².